The number of hydrogen-bond donors (Lipinski definition) is 3. The highest BCUT2D eigenvalue weighted by atomic mass is 19.1. The molecule has 1 heterocycles. The lowest BCUT2D eigenvalue weighted by Crippen LogP contribution is -2.27. The van der Waals surface area contributed by atoms with Crippen molar-refractivity contribution in [2.45, 2.75) is 6.42 Å². The van der Waals surface area contributed by atoms with E-state index in [4.69, 9.17) is 5.84 Å². The van der Waals surface area contributed by atoms with Crippen LogP contribution in [0.2, 0.25) is 0 Å². The van der Waals surface area contributed by atoms with Crippen molar-refractivity contribution >= 4 is 11.6 Å². The Morgan fingerprint density at radius 1 is 1.50 bits per heavy atom. The first-order valence-electron chi connectivity index (χ1n) is 6.12. The quantitative estimate of drug-likeness (QED) is 0.558. The third kappa shape index (κ3) is 3.12. The zero-order chi connectivity index (χ0) is 14.5. The largest absolute Gasteiger partial charge is 0.352 e. The molecule has 0 saturated carbocycles. The van der Waals surface area contributed by atoms with Crippen LogP contribution in [0.1, 0.15) is 15.9 Å². The summed E-state index contributed by atoms with van der Waals surface area (Å²) in [5.74, 6) is 4.29. The summed E-state index contributed by atoms with van der Waals surface area (Å²) in [5, 5.41) is 6.76. The minimum absolute atomic E-state index is 0.00798. The summed E-state index contributed by atoms with van der Waals surface area (Å²) >= 11 is 0. The summed E-state index contributed by atoms with van der Waals surface area (Å²) in [4.78, 5) is 12.0. The summed E-state index contributed by atoms with van der Waals surface area (Å²) in [5.41, 5.74) is 3.40. The minimum atomic E-state index is -0.563. The average Bonchev–Trinajstić information content (AvgIpc) is 2.84. The van der Waals surface area contributed by atoms with Gasteiger partial charge in [0, 0.05) is 19.8 Å². The second kappa shape index (κ2) is 6.16. The number of amides is 1. The van der Waals surface area contributed by atoms with Crippen molar-refractivity contribution in [2.24, 2.45) is 12.9 Å². The number of carbonyl (C=O) groups is 1. The molecular formula is C13H16FN5O. The predicted molar refractivity (Wildman–Crippen MR) is 73.5 cm³/mol. The van der Waals surface area contributed by atoms with Crippen molar-refractivity contribution in [2.75, 3.05) is 12.0 Å². The summed E-state index contributed by atoms with van der Waals surface area (Å²) in [7, 11) is 1.83. The Morgan fingerprint density at radius 2 is 2.30 bits per heavy atom. The number of carbonyl (C=O) groups excluding carboxylic acids is 1. The van der Waals surface area contributed by atoms with Crippen LogP contribution in [0.3, 0.4) is 0 Å². The lowest BCUT2D eigenvalue weighted by Gasteiger charge is -2.10. The Hall–Kier alpha value is -2.41. The van der Waals surface area contributed by atoms with Gasteiger partial charge in [0.15, 0.2) is 0 Å². The van der Waals surface area contributed by atoms with Gasteiger partial charge in [0.1, 0.15) is 5.82 Å². The molecule has 1 aromatic carbocycles. The Morgan fingerprint density at radius 3 is 2.95 bits per heavy atom. The number of aryl methyl sites for hydroxylation is 1. The van der Waals surface area contributed by atoms with Crippen LogP contribution in [0.15, 0.2) is 30.6 Å². The molecule has 1 aromatic heterocycles. The Kier molecular flexibility index (Phi) is 4.31. The zero-order valence-corrected chi connectivity index (χ0v) is 11.1. The summed E-state index contributed by atoms with van der Waals surface area (Å²) in [6.07, 6.45) is 4.27. The Balaban J connectivity index is 1.97. The standard InChI is InChI=1S/C13H16FN5O/c1-19-8-9(7-17-19)5-6-16-13(20)10-3-2-4-11(14)12(10)18-15/h2-4,7-8,18H,5-6,15H2,1H3,(H,16,20). The van der Waals surface area contributed by atoms with Gasteiger partial charge in [0.25, 0.3) is 5.91 Å². The maximum atomic E-state index is 13.5. The number of aromatic nitrogens is 2. The van der Waals surface area contributed by atoms with Gasteiger partial charge in [-0.15, -0.1) is 0 Å². The number of halogens is 1. The first-order valence-corrected chi connectivity index (χ1v) is 6.12. The molecule has 106 valence electrons. The third-order valence-electron chi connectivity index (χ3n) is 2.86. The Bertz CT molecular complexity index is 611. The van der Waals surface area contributed by atoms with Gasteiger partial charge in [-0.3, -0.25) is 15.3 Å². The van der Waals surface area contributed by atoms with E-state index >= 15 is 0 Å². The van der Waals surface area contributed by atoms with E-state index in [9.17, 15) is 9.18 Å². The summed E-state index contributed by atoms with van der Waals surface area (Å²) in [6.45, 7) is 0.436. The zero-order valence-electron chi connectivity index (χ0n) is 11.1. The maximum absolute atomic E-state index is 13.5. The summed E-state index contributed by atoms with van der Waals surface area (Å²) < 4.78 is 15.2. The van der Waals surface area contributed by atoms with Crippen LogP contribution in [-0.2, 0) is 13.5 Å². The van der Waals surface area contributed by atoms with Crippen molar-refractivity contribution in [1.29, 1.82) is 0 Å². The highest BCUT2D eigenvalue weighted by Crippen LogP contribution is 2.18. The van der Waals surface area contributed by atoms with Gasteiger partial charge >= 0.3 is 0 Å². The fourth-order valence-corrected chi connectivity index (χ4v) is 1.88. The molecule has 0 aliphatic carbocycles. The van der Waals surface area contributed by atoms with Crippen molar-refractivity contribution in [3.63, 3.8) is 0 Å². The number of hydrogen-bond acceptors (Lipinski definition) is 4. The molecule has 20 heavy (non-hydrogen) atoms. The van der Waals surface area contributed by atoms with Crippen LogP contribution in [0, 0.1) is 5.82 Å². The second-order valence-electron chi connectivity index (χ2n) is 4.33. The third-order valence-corrected chi connectivity index (χ3v) is 2.86. The van der Waals surface area contributed by atoms with Crippen LogP contribution >= 0.6 is 0 Å². The maximum Gasteiger partial charge on any atom is 0.253 e. The fourth-order valence-electron chi connectivity index (χ4n) is 1.88. The van der Waals surface area contributed by atoms with Crippen molar-refractivity contribution in [3.8, 4) is 0 Å². The number of nitrogen functional groups attached to an aromatic ring is 1. The van der Waals surface area contributed by atoms with E-state index in [0.717, 1.165) is 5.56 Å². The van der Waals surface area contributed by atoms with E-state index in [-0.39, 0.29) is 17.2 Å². The smallest absolute Gasteiger partial charge is 0.253 e. The molecule has 0 saturated heterocycles. The number of para-hydroxylation sites is 1. The van der Waals surface area contributed by atoms with Crippen molar-refractivity contribution in [1.82, 2.24) is 15.1 Å². The molecule has 2 aromatic rings. The SMILES string of the molecule is Cn1cc(CCNC(=O)c2cccc(F)c2NN)cn1. The van der Waals surface area contributed by atoms with Crippen LogP contribution in [0.4, 0.5) is 10.1 Å². The van der Waals surface area contributed by atoms with E-state index in [2.05, 4.69) is 15.8 Å². The molecule has 0 unspecified atom stereocenters. The average molecular weight is 277 g/mol. The lowest BCUT2D eigenvalue weighted by atomic mass is 10.1. The number of benzene rings is 1. The van der Waals surface area contributed by atoms with Crippen LogP contribution in [0.25, 0.3) is 0 Å². The number of hydrazine groups is 1. The summed E-state index contributed by atoms with van der Waals surface area (Å²) in [6, 6.07) is 4.21. The second-order valence-corrected chi connectivity index (χ2v) is 4.33. The molecule has 7 heteroatoms. The van der Waals surface area contributed by atoms with Gasteiger partial charge in [-0.2, -0.15) is 5.10 Å². The molecule has 0 spiro atoms. The fraction of sp³-hybridized carbons (Fsp3) is 0.231. The van der Waals surface area contributed by atoms with Gasteiger partial charge in [-0.1, -0.05) is 6.07 Å². The molecule has 0 atom stereocenters. The monoisotopic (exact) mass is 277 g/mol. The Labute approximate surface area is 115 Å². The van der Waals surface area contributed by atoms with Gasteiger partial charge in [0.2, 0.25) is 0 Å². The molecule has 0 bridgehead atoms. The first kappa shape index (κ1) is 14.0. The van der Waals surface area contributed by atoms with E-state index < -0.39 is 5.82 Å². The van der Waals surface area contributed by atoms with Gasteiger partial charge in [-0.25, -0.2) is 4.39 Å². The van der Waals surface area contributed by atoms with Crippen LogP contribution in [-0.4, -0.2) is 22.2 Å². The molecule has 0 aliphatic heterocycles. The van der Waals surface area contributed by atoms with Crippen LogP contribution < -0.4 is 16.6 Å². The van der Waals surface area contributed by atoms with Crippen LogP contribution in [0.5, 0.6) is 0 Å². The molecule has 2 rings (SSSR count). The minimum Gasteiger partial charge on any atom is -0.352 e. The number of nitrogens with one attached hydrogen (secondary N) is 2. The van der Waals surface area contributed by atoms with E-state index in [1.54, 1.807) is 10.9 Å². The van der Waals surface area contributed by atoms with Gasteiger partial charge in [0.05, 0.1) is 17.4 Å². The molecule has 1 amide bonds. The normalized spacial score (nSPS) is 10.3. The van der Waals surface area contributed by atoms with E-state index in [1.165, 1.54) is 18.2 Å². The lowest BCUT2D eigenvalue weighted by molar-refractivity contribution is 0.0954. The van der Waals surface area contributed by atoms with E-state index in [1.807, 2.05) is 13.2 Å². The van der Waals surface area contributed by atoms with E-state index in [0.29, 0.717) is 13.0 Å². The van der Waals surface area contributed by atoms with Crippen molar-refractivity contribution in [3.05, 3.63) is 47.5 Å². The predicted octanol–water partition coefficient (Wildman–Crippen LogP) is 0.817. The topological polar surface area (TPSA) is 85.0 Å². The highest BCUT2D eigenvalue weighted by Gasteiger charge is 2.13. The number of nitrogens with two attached hydrogens (primary N) is 1. The molecule has 6 nitrogen and oxygen atoms in total. The molecule has 0 aliphatic rings. The first-order chi connectivity index (χ1) is 9.61. The van der Waals surface area contributed by atoms with Gasteiger partial charge in [-0.05, 0) is 24.1 Å². The van der Waals surface area contributed by atoms with Crippen molar-refractivity contribution < 1.29 is 9.18 Å². The highest BCUT2D eigenvalue weighted by molar-refractivity contribution is 5.99. The van der Waals surface area contributed by atoms with Gasteiger partial charge < -0.3 is 10.7 Å². The molecule has 0 radical (unpaired) electrons. The number of nitrogens with zero attached hydrogens (tertiary/aromatic N) is 2. The molecule has 0 fully saturated rings. The number of anilines is 1. The molecule has 4 N–H and O–H groups in total. The number of rotatable bonds is 5. The molecular weight excluding hydrogens is 261 g/mol.